The summed E-state index contributed by atoms with van der Waals surface area (Å²) in [5.74, 6) is 1.41. The van der Waals surface area contributed by atoms with Crippen LogP contribution in [0.25, 0.3) is 0 Å². The van der Waals surface area contributed by atoms with Crippen molar-refractivity contribution in [1.29, 1.82) is 0 Å². The number of carbonyl (C=O) groups is 2. The second-order valence-corrected chi connectivity index (χ2v) is 8.89. The van der Waals surface area contributed by atoms with Crippen LogP contribution in [0.2, 0.25) is 0 Å². The fourth-order valence-corrected chi connectivity index (χ4v) is 5.27. The Balaban J connectivity index is 0.00000256. The van der Waals surface area contributed by atoms with Crippen LogP contribution in [-0.2, 0) is 9.59 Å². The second-order valence-electron chi connectivity index (χ2n) is 8.89. The molecule has 3 aliphatic rings. The number of rotatable bonds is 5. The van der Waals surface area contributed by atoms with Crippen LogP contribution in [-0.4, -0.2) is 78.9 Å². The summed E-state index contributed by atoms with van der Waals surface area (Å²) in [5.41, 5.74) is 7.35. The zero-order valence-electron chi connectivity index (χ0n) is 17.7. The topological polar surface area (TPSA) is 69.9 Å². The van der Waals surface area contributed by atoms with E-state index in [1.807, 2.05) is 15.9 Å². The highest BCUT2D eigenvalue weighted by Gasteiger charge is 2.35. The van der Waals surface area contributed by atoms with E-state index in [0.29, 0.717) is 43.9 Å². The predicted molar refractivity (Wildman–Crippen MR) is 121 cm³/mol. The number of hydrogen-bond donors (Lipinski definition) is 1. The molecule has 3 heterocycles. The number of nitrogens with zero attached hydrogens (tertiary/aromatic N) is 3. The molecule has 0 spiro atoms. The Hall–Kier alpha value is -1.63. The van der Waals surface area contributed by atoms with Crippen LogP contribution in [0.1, 0.15) is 37.2 Å². The van der Waals surface area contributed by atoms with E-state index in [1.165, 1.54) is 5.56 Å². The summed E-state index contributed by atoms with van der Waals surface area (Å²) in [6, 6.07) is 10.5. The molecular weight excluding hydrogens is 400 g/mol. The maximum absolute atomic E-state index is 12.9. The van der Waals surface area contributed by atoms with Crippen molar-refractivity contribution >= 4 is 24.2 Å². The Morgan fingerprint density at radius 2 is 1.60 bits per heavy atom. The molecule has 30 heavy (non-hydrogen) atoms. The molecule has 3 aliphatic heterocycles. The molecule has 0 saturated carbocycles. The van der Waals surface area contributed by atoms with Crippen molar-refractivity contribution in [3.8, 4) is 0 Å². The largest absolute Gasteiger partial charge is 0.342 e. The smallest absolute Gasteiger partial charge is 0.236 e. The van der Waals surface area contributed by atoms with E-state index < -0.39 is 0 Å². The first-order valence-electron chi connectivity index (χ1n) is 11.2. The zero-order chi connectivity index (χ0) is 20.2. The summed E-state index contributed by atoms with van der Waals surface area (Å²) in [7, 11) is 0. The highest BCUT2D eigenvalue weighted by molar-refractivity contribution is 5.85. The monoisotopic (exact) mass is 434 g/mol. The van der Waals surface area contributed by atoms with Crippen LogP contribution < -0.4 is 5.73 Å². The molecule has 7 heteroatoms. The lowest BCUT2D eigenvalue weighted by Gasteiger charge is -2.34. The van der Waals surface area contributed by atoms with Crippen LogP contribution in [0.4, 0.5) is 0 Å². The van der Waals surface area contributed by atoms with Crippen molar-refractivity contribution in [3.05, 3.63) is 35.9 Å². The Labute approximate surface area is 186 Å². The van der Waals surface area contributed by atoms with Crippen molar-refractivity contribution in [3.63, 3.8) is 0 Å². The van der Waals surface area contributed by atoms with Gasteiger partial charge in [0, 0.05) is 51.1 Å². The number of hydrogen-bond acceptors (Lipinski definition) is 4. The molecule has 1 aromatic rings. The standard InChI is InChI=1S/C23H34N4O2.ClH/c24-14-20-15-25(16-21(20)18-6-2-1-3-7-18)17-22(28)26-12-8-19(9-13-26)23(29)27-10-4-5-11-27;/h1-3,6-7,19-21H,4-5,8-17,24H2;1H/t20-,21+;/m1./s1. The van der Waals surface area contributed by atoms with E-state index in [4.69, 9.17) is 5.73 Å². The molecule has 3 saturated heterocycles. The number of halogens is 1. The van der Waals surface area contributed by atoms with Gasteiger partial charge in [0.05, 0.1) is 6.54 Å². The van der Waals surface area contributed by atoms with Gasteiger partial charge in [0.2, 0.25) is 11.8 Å². The SMILES string of the molecule is Cl.NC[C@@H]1CN(CC(=O)N2CCC(C(=O)N3CCCC3)CC2)C[C@H]1c1ccccc1. The highest BCUT2D eigenvalue weighted by Crippen LogP contribution is 2.32. The maximum atomic E-state index is 12.9. The first-order chi connectivity index (χ1) is 14.2. The van der Waals surface area contributed by atoms with Gasteiger partial charge < -0.3 is 15.5 Å². The second kappa shape index (κ2) is 10.6. The number of likely N-dealkylation sites (tertiary alicyclic amines) is 3. The average molecular weight is 435 g/mol. The van der Waals surface area contributed by atoms with Crippen LogP contribution in [0.15, 0.2) is 30.3 Å². The van der Waals surface area contributed by atoms with Gasteiger partial charge in [-0.15, -0.1) is 12.4 Å². The summed E-state index contributed by atoms with van der Waals surface area (Å²) in [6.45, 7) is 6.13. The molecule has 166 valence electrons. The Morgan fingerprint density at radius 1 is 0.933 bits per heavy atom. The molecule has 4 rings (SSSR count). The fraction of sp³-hybridized carbons (Fsp3) is 0.652. The van der Waals surface area contributed by atoms with Gasteiger partial charge in [0.25, 0.3) is 0 Å². The average Bonchev–Trinajstić information content (AvgIpc) is 3.44. The van der Waals surface area contributed by atoms with Gasteiger partial charge in [-0.1, -0.05) is 30.3 Å². The molecule has 0 bridgehead atoms. The third-order valence-electron chi connectivity index (χ3n) is 7.02. The van der Waals surface area contributed by atoms with Crippen molar-refractivity contribution in [2.45, 2.75) is 31.6 Å². The summed E-state index contributed by atoms with van der Waals surface area (Å²) in [4.78, 5) is 31.7. The van der Waals surface area contributed by atoms with Gasteiger partial charge in [-0.2, -0.15) is 0 Å². The van der Waals surface area contributed by atoms with Crippen LogP contribution in [0.3, 0.4) is 0 Å². The van der Waals surface area contributed by atoms with E-state index in [2.05, 4.69) is 29.2 Å². The van der Waals surface area contributed by atoms with Crippen molar-refractivity contribution in [2.75, 3.05) is 52.4 Å². The summed E-state index contributed by atoms with van der Waals surface area (Å²) in [6.07, 6.45) is 3.87. The minimum Gasteiger partial charge on any atom is -0.342 e. The molecule has 1 aromatic carbocycles. The quantitative estimate of drug-likeness (QED) is 0.768. The fourth-order valence-electron chi connectivity index (χ4n) is 5.27. The van der Waals surface area contributed by atoms with Crippen molar-refractivity contribution in [1.82, 2.24) is 14.7 Å². The Morgan fingerprint density at radius 3 is 2.23 bits per heavy atom. The molecule has 2 atom stereocenters. The van der Waals surface area contributed by atoms with E-state index in [0.717, 1.165) is 51.9 Å². The van der Waals surface area contributed by atoms with Gasteiger partial charge >= 0.3 is 0 Å². The number of piperidine rings is 1. The minimum atomic E-state index is 0. The number of amides is 2. The predicted octanol–water partition coefficient (Wildman–Crippen LogP) is 1.94. The lowest BCUT2D eigenvalue weighted by atomic mass is 9.89. The van der Waals surface area contributed by atoms with Gasteiger partial charge in [-0.05, 0) is 43.7 Å². The third-order valence-corrected chi connectivity index (χ3v) is 7.02. The molecular formula is C23H35ClN4O2. The summed E-state index contributed by atoms with van der Waals surface area (Å²) in [5, 5.41) is 0. The third kappa shape index (κ3) is 5.16. The molecule has 6 nitrogen and oxygen atoms in total. The summed E-state index contributed by atoms with van der Waals surface area (Å²) < 4.78 is 0. The molecule has 0 radical (unpaired) electrons. The lowest BCUT2D eigenvalue weighted by molar-refractivity contribution is -0.140. The molecule has 2 amide bonds. The summed E-state index contributed by atoms with van der Waals surface area (Å²) >= 11 is 0. The first kappa shape index (κ1) is 23.0. The van der Waals surface area contributed by atoms with Crippen LogP contribution in [0, 0.1) is 11.8 Å². The normalized spacial score (nSPS) is 25.4. The van der Waals surface area contributed by atoms with E-state index >= 15 is 0 Å². The molecule has 0 aromatic heterocycles. The van der Waals surface area contributed by atoms with E-state index in [-0.39, 0.29) is 24.2 Å². The van der Waals surface area contributed by atoms with Gasteiger partial charge in [0.1, 0.15) is 0 Å². The van der Waals surface area contributed by atoms with Gasteiger partial charge in [-0.3, -0.25) is 14.5 Å². The zero-order valence-corrected chi connectivity index (χ0v) is 18.6. The van der Waals surface area contributed by atoms with Crippen molar-refractivity contribution in [2.24, 2.45) is 17.6 Å². The van der Waals surface area contributed by atoms with Gasteiger partial charge in [0.15, 0.2) is 0 Å². The molecule has 2 N–H and O–H groups in total. The maximum Gasteiger partial charge on any atom is 0.236 e. The van der Waals surface area contributed by atoms with Crippen LogP contribution >= 0.6 is 12.4 Å². The first-order valence-corrected chi connectivity index (χ1v) is 11.2. The minimum absolute atomic E-state index is 0. The van der Waals surface area contributed by atoms with Gasteiger partial charge in [-0.25, -0.2) is 0 Å². The van der Waals surface area contributed by atoms with Crippen molar-refractivity contribution < 1.29 is 9.59 Å². The Bertz CT molecular complexity index is 702. The highest BCUT2D eigenvalue weighted by atomic mass is 35.5. The van der Waals surface area contributed by atoms with Crippen LogP contribution in [0.5, 0.6) is 0 Å². The number of nitrogens with two attached hydrogens (primary N) is 1. The number of benzene rings is 1. The molecule has 0 unspecified atom stereocenters. The lowest BCUT2D eigenvalue weighted by Crippen LogP contribution is -2.46. The number of carbonyl (C=O) groups excluding carboxylic acids is 2. The molecule has 0 aliphatic carbocycles. The Kier molecular flexibility index (Phi) is 8.14. The van der Waals surface area contributed by atoms with E-state index in [1.54, 1.807) is 0 Å². The van der Waals surface area contributed by atoms with E-state index in [9.17, 15) is 9.59 Å². The molecule has 3 fully saturated rings.